The van der Waals surface area contributed by atoms with Crippen LogP contribution in [0.5, 0.6) is 0 Å². The van der Waals surface area contributed by atoms with Gasteiger partial charge in [-0.15, -0.1) is 0 Å². The molecule has 1 aliphatic carbocycles. The molecule has 2 rings (SSSR count). The van der Waals surface area contributed by atoms with Gasteiger partial charge >= 0.3 is 5.97 Å². The Morgan fingerprint density at radius 1 is 1.10 bits per heavy atom. The van der Waals surface area contributed by atoms with Crippen LogP contribution >= 0.6 is 0 Å². The predicted molar refractivity (Wildman–Crippen MR) is 82.3 cm³/mol. The summed E-state index contributed by atoms with van der Waals surface area (Å²) in [6.45, 7) is 7.94. The van der Waals surface area contributed by atoms with Crippen LogP contribution in [0.1, 0.15) is 36.5 Å². The molecule has 1 amide bonds. The summed E-state index contributed by atoms with van der Waals surface area (Å²) in [4.78, 5) is 23.8. The lowest BCUT2D eigenvalue weighted by Crippen LogP contribution is -2.30. The van der Waals surface area contributed by atoms with Gasteiger partial charge in [-0.2, -0.15) is 0 Å². The van der Waals surface area contributed by atoms with Crippen LogP contribution in [0.25, 0.3) is 0 Å². The summed E-state index contributed by atoms with van der Waals surface area (Å²) >= 11 is 0. The van der Waals surface area contributed by atoms with Crippen molar-refractivity contribution in [2.24, 2.45) is 17.8 Å². The number of rotatable bonds is 3. The van der Waals surface area contributed by atoms with E-state index in [1.54, 1.807) is 0 Å². The average Bonchev–Trinajstić information content (AvgIpc) is 2.76. The van der Waals surface area contributed by atoms with Gasteiger partial charge in [0.25, 0.3) is 0 Å². The molecule has 0 saturated heterocycles. The van der Waals surface area contributed by atoms with Crippen LogP contribution < -0.4 is 5.32 Å². The maximum atomic E-state index is 12.5. The minimum absolute atomic E-state index is 0.165. The number of carboxylic acid groups (broad SMARTS) is 1. The minimum Gasteiger partial charge on any atom is -0.481 e. The summed E-state index contributed by atoms with van der Waals surface area (Å²) in [5.41, 5.74) is 3.99. The van der Waals surface area contributed by atoms with Crippen LogP contribution in [-0.4, -0.2) is 17.0 Å². The molecule has 1 aromatic carbocycles. The van der Waals surface area contributed by atoms with Crippen LogP contribution in [-0.2, 0) is 9.59 Å². The second kappa shape index (κ2) is 5.88. The zero-order valence-electron chi connectivity index (χ0n) is 13.1. The standard InChI is InChI=1S/C17H23NO3/c1-9-5-11(3)15(12(4)6-9)18-16(19)13-7-10(2)8-14(13)17(20)21/h5-6,10,13-14H,7-8H2,1-4H3,(H,18,19)(H,20,21)/t10?,13-,14+/m0/s1. The molecule has 4 nitrogen and oxygen atoms in total. The Kier molecular flexibility index (Phi) is 4.35. The Morgan fingerprint density at radius 2 is 1.62 bits per heavy atom. The van der Waals surface area contributed by atoms with E-state index in [1.807, 2.05) is 39.8 Å². The van der Waals surface area contributed by atoms with Crippen molar-refractivity contribution in [2.45, 2.75) is 40.5 Å². The third-order valence-electron chi connectivity index (χ3n) is 4.38. The van der Waals surface area contributed by atoms with Crippen LogP contribution in [0.2, 0.25) is 0 Å². The molecule has 1 fully saturated rings. The fraction of sp³-hybridized carbons (Fsp3) is 0.529. The molecule has 114 valence electrons. The lowest BCUT2D eigenvalue weighted by Gasteiger charge is -2.18. The highest BCUT2D eigenvalue weighted by molar-refractivity contribution is 5.96. The number of aryl methyl sites for hydroxylation is 3. The minimum atomic E-state index is -0.864. The number of hydrogen-bond donors (Lipinski definition) is 2. The maximum absolute atomic E-state index is 12.5. The van der Waals surface area contributed by atoms with Gasteiger partial charge in [0.05, 0.1) is 11.8 Å². The summed E-state index contributed by atoms with van der Waals surface area (Å²) in [7, 11) is 0. The van der Waals surface area contributed by atoms with Gasteiger partial charge in [-0.1, -0.05) is 24.6 Å². The largest absolute Gasteiger partial charge is 0.481 e. The van der Waals surface area contributed by atoms with E-state index < -0.39 is 17.8 Å². The normalized spacial score (nSPS) is 24.9. The second-order valence-electron chi connectivity index (χ2n) is 6.39. The molecular formula is C17H23NO3. The van der Waals surface area contributed by atoms with E-state index in [9.17, 15) is 14.7 Å². The van der Waals surface area contributed by atoms with Crippen LogP contribution in [0.3, 0.4) is 0 Å². The third kappa shape index (κ3) is 3.26. The van der Waals surface area contributed by atoms with E-state index in [0.29, 0.717) is 12.8 Å². The number of carbonyl (C=O) groups excluding carboxylic acids is 1. The number of aliphatic carboxylic acids is 1. The zero-order chi connectivity index (χ0) is 15.7. The lowest BCUT2D eigenvalue weighted by molar-refractivity contribution is -0.145. The predicted octanol–water partition coefficient (Wildman–Crippen LogP) is 3.30. The van der Waals surface area contributed by atoms with Gasteiger partial charge in [0.2, 0.25) is 5.91 Å². The highest BCUT2D eigenvalue weighted by atomic mass is 16.4. The van der Waals surface area contributed by atoms with Crippen molar-refractivity contribution < 1.29 is 14.7 Å². The molecule has 0 bridgehead atoms. The van der Waals surface area contributed by atoms with Crippen LogP contribution in [0, 0.1) is 38.5 Å². The molecule has 1 unspecified atom stereocenters. The maximum Gasteiger partial charge on any atom is 0.307 e. The quantitative estimate of drug-likeness (QED) is 0.897. The van der Waals surface area contributed by atoms with Crippen molar-refractivity contribution in [1.82, 2.24) is 0 Å². The molecular weight excluding hydrogens is 266 g/mol. The summed E-state index contributed by atoms with van der Waals surface area (Å²) in [5, 5.41) is 12.2. The summed E-state index contributed by atoms with van der Waals surface area (Å²) in [6.07, 6.45) is 1.23. The molecule has 3 atom stereocenters. The Morgan fingerprint density at radius 3 is 2.14 bits per heavy atom. The highest BCUT2D eigenvalue weighted by Gasteiger charge is 2.41. The molecule has 2 N–H and O–H groups in total. The first-order valence-electron chi connectivity index (χ1n) is 7.41. The first-order chi connectivity index (χ1) is 9.79. The number of anilines is 1. The first kappa shape index (κ1) is 15.5. The van der Waals surface area contributed by atoms with Crippen LogP contribution in [0.15, 0.2) is 12.1 Å². The van der Waals surface area contributed by atoms with E-state index >= 15 is 0 Å². The molecule has 1 aliphatic rings. The van der Waals surface area contributed by atoms with E-state index in [0.717, 1.165) is 22.4 Å². The number of hydrogen-bond acceptors (Lipinski definition) is 2. The summed E-state index contributed by atoms with van der Waals surface area (Å²) in [6, 6.07) is 4.04. The summed E-state index contributed by atoms with van der Waals surface area (Å²) in [5.74, 6) is -1.75. The Labute approximate surface area is 125 Å². The number of benzene rings is 1. The number of nitrogens with one attached hydrogen (secondary N) is 1. The Bertz CT molecular complexity index is 556. The fourth-order valence-electron chi connectivity index (χ4n) is 3.45. The number of carboxylic acids is 1. The average molecular weight is 289 g/mol. The molecule has 0 heterocycles. The fourth-order valence-corrected chi connectivity index (χ4v) is 3.45. The van der Waals surface area contributed by atoms with Gasteiger partial charge in [0.15, 0.2) is 0 Å². The van der Waals surface area contributed by atoms with E-state index in [4.69, 9.17) is 0 Å². The molecule has 0 aliphatic heterocycles. The van der Waals surface area contributed by atoms with Gasteiger partial charge < -0.3 is 10.4 Å². The van der Waals surface area contributed by atoms with Gasteiger partial charge in [0.1, 0.15) is 0 Å². The van der Waals surface area contributed by atoms with Gasteiger partial charge in [0, 0.05) is 5.69 Å². The summed E-state index contributed by atoms with van der Waals surface area (Å²) < 4.78 is 0. The molecule has 1 aromatic rings. The lowest BCUT2D eigenvalue weighted by atomic mass is 9.95. The third-order valence-corrected chi connectivity index (χ3v) is 4.38. The molecule has 1 saturated carbocycles. The van der Waals surface area contributed by atoms with E-state index in [2.05, 4.69) is 5.32 Å². The molecule has 0 spiro atoms. The van der Waals surface area contributed by atoms with Gasteiger partial charge in [-0.3, -0.25) is 9.59 Å². The van der Waals surface area contributed by atoms with Crippen LogP contribution in [0.4, 0.5) is 5.69 Å². The Balaban J connectivity index is 2.20. The number of carbonyl (C=O) groups is 2. The van der Waals surface area contributed by atoms with Gasteiger partial charge in [-0.05, 0) is 50.7 Å². The van der Waals surface area contributed by atoms with Crippen molar-refractivity contribution in [2.75, 3.05) is 5.32 Å². The molecule has 4 heteroatoms. The van der Waals surface area contributed by atoms with Crippen molar-refractivity contribution in [3.63, 3.8) is 0 Å². The topological polar surface area (TPSA) is 66.4 Å². The highest BCUT2D eigenvalue weighted by Crippen LogP contribution is 2.37. The van der Waals surface area contributed by atoms with Crippen molar-refractivity contribution >= 4 is 17.6 Å². The van der Waals surface area contributed by atoms with Crippen molar-refractivity contribution in [3.05, 3.63) is 28.8 Å². The smallest absolute Gasteiger partial charge is 0.307 e. The zero-order valence-corrected chi connectivity index (χ0v) is 13.1. The van der Waals surface area contributed by atoms with Crippen molar-refractivity contribution in [1.29, 1.82) is 0 Å². The van der Waals surface area contributed by atoms with E-state index in [-0.39, 0.29) is 11.8 Å². The van der Waals surface area contributed by atoms with E-state index in [1.165, 1.54) is 0 Å². The Hall–Kier alpha value is -1.84. The first-order valence-corrected chi connectivity index (χ1v) is 7.41. The molecule has 21 heavy (non-hydrogen) atoms. The number of amides is 1. The SMILES string of the molecule is Cc1cc(C)c(NC(=O)[C@H]2CC(C)C[C@H]2C(=O)O)c(C)c1. The molecule has 0 aromatic heterocycles. The molecule has 0 radical (unpaired) electrons. The monoisotopic (exact) mass is 289 g/mol. The van der Waals surface area contributed by atoms with Gasteiger partial charge in [-0.25, -0.2) is 0 Å². The van der Waals surface area contributed by atoms with Crippen molar-refractivity contribution in [3.8, 4) is 0 Å². The second-order valence-corrected chi connectivity index (χ2v) is 6.39.